The summed E-state index contributed by atoms with van der Waals surface area (Å²) in [5, 5.41) is 8.10. The Morgan fingerprint density at radius 1 is 0.553 bits per heavy atom. The van der Waals surface area contributed by atoms with Gasteiger partial charge in [-0.2, -0.15) is 16.8 Å². The van der Waals surface area contributed by atoms with E-state index < -0.39 is 35.9 Å². The van der Waals surface area contributed by atoms with Crippen molar-refractivity contribution >= 4 is 66.2 Å². The smallest absolute Gasteiger partial charge is 0.294 e. The Labute approximate surface area is 284 Å². The van der Waals surface area contributed by atoms with Crippen LogP contribution in [0.4, 0.5) is 22.7 Å². The monoisotopic (exact) mass is 710 g/mol. The second kappa shape index (κ2) is 13.3. The molecule has 0 bridgehead atoms. The molecular weight excluding hydrogens is 679 g/mol. The van der Waals surface area contributed by atoms with E-state index in [1.165, 1.54) is 6.07 Å². The molecule has 0 saturated carbocycles. The zero-order chi connectivity index (χ0) is 34.3. The van der Waals surface area contributed by atoms with E-state index in [-0.39, 0.29) is 5.56 Å². The first-order valence-corrected chi connectivity index (χ1v) is 18.0. The highest BCUT2D eigenvalue weighted by Crippen LogP contribution is 2.39. The highest BCUT2D eigenvalue weighted by Gasteiger charge is 2.27. The van der Waals surface area contributed by atoms with E-state index >= 15 is 0 Å². The lowest BCUT2D eigenvalue weighted by Crippen LogP contribution is -2.12. The van der Waals surface area contributed by atoms with E-state index in [9.17, 15) is 25.9 Å². The third-order valence-corrected chi connectivity index (χ3v) is 10.1. The minimum Gasteiger partial charge on any atom is -0.355 e. The lowest BCUT2D eigenvalue weighted by Gasteiger charge is -2.23. The molecule has 4 N–H and O–H groups in total. The van der Waals surface area contributed by atoms with Crippen LogP contribution in [-0.2, 0) is 20.2 Å². The van der Waals surface area contributed by atoms with Gasteiger partial charge >= 0.3 is 0 Å². The average molecular weight is 712 g/mol. The van der Waals surface area contributed by atoms with Crippen molar-refractivity contribution in [1.29, 1.82) is 0 Å². The molecule has 0 aliphatic rings. The molecule has 244 valence electrons. The predicted octanol–water partition coefficient (Wildman–Crippen LogP) is 9.39. The molecule has 5 rings (SSSR count). The molecule has 12 heteroatoms. The molecule has 0 aromatic heterocycles. The lowest BCUT2D eigenvalue weighted by atomic mass is 9.85. The second-order valence-corrected chi connectivity index (χ2v) is 15.1. The third kappa shape index (κ3) is 7.81. The third-order valence-electron chi connectivity index (χ3n) is 7.89. The van der Waals surface area contributed by atoms with Crippen molar-refractivity contribution in [3.8, 4) is 0 Å². The fourth-order valence-electron chi connectivity index (χ4n) is 5.71. The molecule has 0 radical (unpaired) electrons. The molecule has 5 aromatic rings. The van der Waals surface area contributed by atoms with E-state index in [1.807, 2.05) is 100 Å². The fourth-order valence-corrected chi connectivity index (χ4v) is 7.71. The number of rotatable bonds is 9. The summed E-state index contributed by atoms with van der Waals surface area (Å²) in [6, 6.07) is 25.3. The molecule has 0 heterocycles. The molecule has 0 saturated heterocycles. The van der Waals surface area contributed by atoms with Gasteiger partial charge < -0.3 is 10.6 Å². The van der Waals surface area contributed by atoms with Crippen LogP contribution < -0.4 is 10.6 Å². The number of hydrogen-bond acceptors (Lipinski definition) is 6. The maximum absolute atomic E-state index is 12.6. The molecule has 5 aromatic carbocycles. The summed E-state index contributed by atoms with van der Waals surface area (Å²) in [5.74, 6) is -0.761. The number of nitrogens with one attached hydrogen (secondary N) is 2. The molecule has 0 amide bonds. The van der Waals surface area contributed by atoms with Crippen LogP contribution >= 0.6 is 23.2 Å². The first-order valence-electron chi connectivity index (χ1n) is 14.4. The molecule has 0 aliphatic heterocycles. The zero-order valence-corrected chi connectivity index (χ0v) is 29.0. The summed E-state index contributed by atoms with van der Waals surface area (Å²) in [7, 11) is -9.68. The van der Waals surface area contributed by atoms with Gasteiger partial charge in [-0.05, 0) is 127 Å². The van der Waals surface area contributed by atoms with Crippen LogP contribution in [-0.4, -0.2) is 25.9 Å². The summed E-state index contributed by atoms with van der Waals surface area (Å²) in [4.78, 5) is -1.30. The van der Waals surface area contributed by atoms with Crippen LogP contribution in [0.25, 0.3) is 0 Å². The van der Waals surface area contributed by atoms with Gasteiger partial charge in [0.25, 0.3) is 20.2 Å². The van der Waals surface area contributed by atoms with Crippen molar-refractivity contribution in [2.45, 2.75) is 43.4 Å². The van der Waals surface area contributed by atoms with Gasteiger partial charge in [-0.1, -0.05) is 53.5 Å². The second-order valence-electron chi connectivity index (χ2n) is 11.4. The lowest BCUT2D eigenvalue weighted by molar-refractivity contribution is 0.480. The largest absolute Gasteiger partial charge is 0.355 e. The molecule has 8 nitrogen and oxygen atoms in total. The molecule has 0 unspecified atom stereocenters. The Morgan fingerprint density at radius 2 is 0.936 bits per heavy atom. The van der Waals surface area contributed by atoms with Gasteiger partial charge in [0, 0.05) is 38.7 Å². The molecule has 0 spiro atoms. The summed E-state index contributed by atoms with van der Waals surface area (Å²) in [6.45, 7) is 7.80. The minimum atomic E-state index is -4.92. The topological polar surface area (TPSA) is 133 Å². The number of anilines is 4. The van der Waals surface area contributed by atoms with Gasteiger partial charge in [0.15, 0.2) is 0 Å². The van der Waals surface area contributed by atoms with E-state index in [2.05, 4.69) is 10.6 Å². The summed E-state index contributed by atoms with van der Waals surface area (Å²) in [6.07, 6.45) is 0. The Morgan fingerprint density at radius 3 is 1.28 bits per heavy atom. The minimum absolute atomic E-state index is 0.120. The van der Waals surface area contributed by atoms with Crippen molar-refractivity contribution in [3.05, 3.63) is 140 Å². The maximum atomic E-state index is 12.6. The molecule has 47 heavy (non-hydrogen) atoms. The molecule has 0 aliphatic carbocycles. The number of halogens is 2. The van der Waals surface area contributed by atoms with Crippen molar-refractivity contribution < 1.29 is 25.9 Å². The van der Waals surface area contributed by atoms with Gasteiger partial charge in [0.1, 0.15) is 0 Å². The van der Waals surface area contributed by atoms with Crippen molar-refractivity contribution in [2.75, 3.05) is 10.6 Å². The SMILES string of the molecule is Cc1cc(Cl)cc(C)c1Nc1ccc(C(c2ccc(Nc3c(C)cc(Cl)cc3C)cc2)c2ccc(S(=O)(=O)O)cc2S(=O)(=O)O)cc1. The van der Waals surface area contributed by atoms with Gasteiger partial charge in [0.2, 0.25) is 0 Å². The van der Waals surface area contributed by atoms with Gasteiger partial charge in [0.05, 0.1) is 9.79 Å². The Balaban J connectivity index is 1.60. The van der Waals surface area contributed by atoms with E-state index in [0.29, 0.717) is 21.2 Å². The zero-order valence-electron chi connectivity index (χ0n) is 25.8. The van der Waals surface area contributed by atoms with Crippen LogP contribution in [0.5, 0.6) is 0 Å². The predicted molar refractivity (Wildman–Crippen MR) is 188 cm³/mol. The average Bonchev–Trinajstić information content (AvgIpc) is 2.97. The highest BCUT2D eigenvalue weighted by molar-refractivity contribution is 7.86. The number of hydrogen-bond donors (Lipinski definition) is 4. The van der Waals surface area contributed by atoms with Gasteiger partial charge in [-0.15, -0.1) is 0 Å². The van der Waals surface area contributed by atoms with E-state index in [4.69, 9.17) is 23.2 Å². The summed E-state index contributed by atoms with van der Waals surface area (Å²) >= 11 is 12.4. The normalized spacial score (nSPS) is 11.9. The van der Waals surface area contributed by atoms with Crippen molar-refractivity contribution in [2.24, 2.45) is 0 Å². The van der Waals surface area contributed by atoms with E-state index in [0.717, 1.165) is 57.1 Å². The van der Waals surface area contributed by atoms with Gasteiger partial charge in [-0.25, -0.2) is 0 Å². The standard InChI is InChI=1S/C35H32Cl2N2O6S2/c1-20-15-26(36)16-21(2)34(20)38-28-9-5-24(6-10-28)33(31-14-13-30(46(40,41)42)19-32(31)47(43,44)45)25-7-11-29(12-8-25)39-35-22(3)17-27(37)18-23(35)4/h5-19,33,38-39H,1-4H3,(H,40,41,42)(H,43,44,45). The van der Waals surface area contributed by atoms with Crippen molar-refractivity contribution in [3.63, 3.8) is 0 Å². The fraction of sp³-hybridized carbons (Fsp3) is 0.143. The number of aryl methyl sites for hydroxylation is 4. The number of benzene rings is 5. The van der Waals surface area contributed by atoms with Crippen LogP contribution in [0.2, 0.25) is 10.0 Å². The van der Waals surface area contributed by atoms with Crippen LogP contribution in [0.15, 0.2) is 101 Å². The first-order chi connectivity index (χ1) is 22.0. The quantitative estimate of drug-likeness (QED) is 0.0879. The van der Waals surface area contributed by atoms with Crippen LogP contribution in [0, 0.1) is 27.7 Å². The molecular formula is C35H32Cl2N2O6S2. The summed E-state index contributed by atoms with van der Waals surface area (Å²) in [5.41, 5.74) is 8.65. The summed E-state index contributed by atoms with van der Waals surface area (Å²) < 4.78 is 68.9. The molecule has 0 fully saturated rings. The first kappa shape index (κ1) is 34.4. The van der Waals surface area contributed by atoms with Crippen molar-refractivity contribution in [1.82, 2.24) is 0 Å². The Hall–Kier alpha value is -3.90. The van der Waals surface area contributed by atoms with Crippen LogP contribution in [0.3, 0.4) is 0 Å². The van der Waals surface area contributed by atoms with Crippen LogP contribution in [0.1, 0.15) is 44.9 Å². The van der Waals surface area contributed by atoms with Gasteiger partial charge in [-0.3, -0.25) is 9.11 Å². The van der Waals surface area contributed by atoms with E-state index in [1.54, 1.807) is 0 Å². The highest BCUT2D eigenvalue weighted by atomic mass is 35.5. The molecule has 0 atom stereocenters. The Kier molecular flexibility index (Phi) is 9.75. The Bertz CT molecular complexity index is 2060. The maximum Gasteiger partial charge on any atom is 0.294 e.